The van der Waals surface area contributed by atoms with Crippen LogP contribution in [0.1, 0.15) is 20.8 Å². The molecule has 1 fully saturated rings. The SMILES string of the molecule is C=C(C)C(=O)OC(C)C(=O)OC1COCC(C)O1. The molecule has 1 aliphatic rings. The van der Waals surface area contributed by atoms with Gasteiger partial charge in [0.2, 0.25) is 6.29 Å². The molecule has 0 aliphatic carbocycles. The third-order valence-corrected chi connectivity index (χ3v) is 2.20. The first-order valence-electron chi connectivity index (χ1n) is 5.70. The molecular weight excluding hydrogens is 240 g/mol. The molecule has 0 radical (unpaired) electrons. The predicted octanol–water partition coefficient (Wildman–Crippen LogP) is 0.799. The van der Waals surface area contributed by atoms with Gasteiger partial charge < -0.3 is 18.9 Å². The van der Waals surface area contributed by atoms with Crippen molar-refractivity contribution in [3.8, 4) is 0 Å². The van der Waals surface area contributed by atoms with Crippen LogP contribution in [0.3, 0.4) is 0 Å². The van der Waals surface area contributed by atoms with E-state index in [1.54, 1.807) is 0 Å². The summed E-state index contributed by atoms with van der Waals surface area (Å²) in [6.07, 6.45) is -1.90. The molecule has 1 saturated heterocycles. The molecule has 3 atom stereocenters. The fourth-order valence-corrected chi connectivity index (χ4v) is 1.26. The van der Waals surface area contributed by atoms with Gasteiger partial charge in [-0.2, -0.15) is 0 Å². The molecule has 0 saturated carbocycles. The van der Waals surface area contributed by atoms with Crippen LogP contribution in [0.15, 0.2) is 12.2 Å². The van der Waals surface area contributed by atoms with E-state index >= 15 is 0 Å². The maximum Gasteiger partial charge on any atom is 0.349 e. The summed E-state index contributed by atoms with van der Waals surface area (Å²) in [7, 11) is 0. The van der Waals surface area contributed by atoms with Crippen molar-refractivity contribution in [3.05, 3.63) is 12.2 Å². The second-order valence-electron chi connectivity index (χ2n) is 4.18. The highest BCUT2D eigenvalue weighted by Crippen LogP contribution is 2.10. The monoisotopic (exact) mass is 258 g/mol. The van der Waals surface area contributed by atoms with Gasteiger partial charge in [-0.3, -0.25) is 0 Å². The molecule has 0 aromatic carbocycles. The molecule has 0 amide bonds. The number of rotatable bonds is 4. The molecule has 1 heterocycles. The highest BCUT2D eigenvalue weighted by atomic mass is 16.7. The summed E-state index contributed by atoms with van der Waals surface area (Å²) in [6.45, 7) is 8.80. The standard InChI is InChI=1S/C12H18O6/c1-7(2)11(13)17-9(4)12(14)18-10-6-15-5-8(3)16-10/h8-10H,1,5-6H2,2-4H3. The fourth-order valence-electron chi connectivity index (χ4n) is 1.26. The van der Waals surface area contributed by atoms with Gasteiger partial charge in [0.25, 0.3) is 0 Å². The van der Waals surface area contributed by atoms with Crippen LogP contribution in [-0.2, 0) is 28.5 Å². The number of ether oxygens (including phenoxy) is 4. The summed E-state index contributed by atoms with van der Waals surface area (Å²) in [5.74, 6) is -1.30. The van der Waals surface area contributed by atoms with Gasteiger partial charge in [-0.15, -0.1) is 0 Å². The van der Waals surface area contributed by atoms with E-state index in [1.165, 1.54) is 13.8 Å². The molecule has 18 heavy (non-hydrogen) atoms. The Kier molecular flexibility index (Phi) is 5.30. The van der Waals surface area contributed by atoms with Crippen LogP contribution in [-0.4, -0.2) is 43.7 Å². The Balaban J connectivity index is 2.39. The maximum absolute atomic E-state index is 11.6. The van der Waals surface area contributed by atoms with Crippen molar-refractivity contribution in [2.24, 2.45) is 0 Å². The van der Waals surface area contributed by atoms with Crippen LogP contribution in [0.2, 0.25) is 0 Å². The molecule has 0 spiro atoms. The minimum Gasteiger partial charge on any atom is -0.447 e. The lowest BCUT2D eigenvalue weighted by Crippen LogP contribution is -2.40. The fraction of sp³-hybridized carbons (Fsp3) is 0.667. The van der Waals surface area contributed by atoms with Crippen molar-refractivity contribution < 1.29 is 28.5 Å². The largest absolute Gasteiger partial charge is 0.447 e. The first-order valence-corrected chi connectivity index (χ1v) is 5.70. The zero-order chi connectivity index (χ0) is 13.7. The van der Waals surface area contributed by atoms with Crippen LogP contribution < -0.4 is 0 Å². The average molecular weight is 258 g/mol. The van der Waals surface area contributed by atoms with E-state index in [4.69, 9.17) is 18.9 Å². The molecule has 6 heteroatoms. The van der Waals surface area contributed by atoms with E-state index in [0.717, 1.165) is 0 Å². The van der Waals surface area contributed by atoms with Crippen LogP contribution in [0.5, 0.6) is 0 Å². The second-order valence-corrected chi connectivity index (χ2v) is 4.18. The smallest absolute Gasteiger partial charge is 0.349 e. The predicted molar refractivity (Wildman–Crippen MR) is 61.6 cm³/mol. The lowest BCUT2D eigenvalue weighted by molar-refractivity contribution is -0.239. The Morgan fingerprint density at radius 2 is 2.06 bits per heavy atom. The highest BCUT2D eigenvalue weighted by molar-refractivity contribution is 5.89. The number of carbonyl (C=O) groups excluding carboxylic acids is 2. The highest BCUT2D eigenvalue weighted by Gasteiger charge is 2.27. The van der Waals surface area contributed by atoms with Gasteiger partial charge in [0.1, 0.15) is 6.61 Å². The van der Waals surface area contributed by atoms with Crippen molar-refractivity contribution in [1.82, 2.24) is 0 Å². The van der Waals surface area contributed by atoms with Crippen molar-refractivity contribution in [2.45, 2.75) is 39.3 Å². The van der Waals surface area contributed by atoms with Gasteiger partial charge in [0.05, 0.1) is 12.7 Å². The normalized spacial score (nSPS) is 25.1. The Morgan fingerprint density at radius 3 is 2.61 bits per heavy atom. The van der Waals surface area contributed by atoms with Crippen LogP contribution in [0, 0.1) is 0 Å². The summed E-state index contributed by atoms with van der Waals surface area (Å²) in [4.78, 5) is 22.8. The van der Waals surface area contributed by atoms with Crippen LogP contribution in [0.25, 0.3) is 0 Å². The quantitative estimate of drug-likeness (QED) is 0.548. The Morgan fingerprint density at radius 1 is 1.39 bits per heavy atom. The summed E-state index contributed by atoms with van der Waals surface area (Å²) in [5.41, 5.74) is 0.223. The second kappa shape index (κ2) is 6.51. The number of carbonyl (C=O) groups is 2. The zero-order valence-corrected chi connectivity index (χ0v) is 10.8. The van der Waals surface area contributed by atoms with Crippen molar-refractivity contribution in [2.75, 3.05) is 13.2 Å². The van der Waals surface area contributed by atoms with E-state index in [9.17, 15) is 9.59 Å². The minimum absolute atomic E-state index is 0.134. The molecule has 0 aromatic rings. The maximum atomic E-state index is 11.6. The zero-order valence-electron chi connectivity index (χ0n) is 10.8. The van der Waals surface area contributed by atoms with Gasteiger partial charge in [-0.25, -0.2) is 9.59 Å². The summed E-state index contributed by atoms with van der Waals surface area (Å²) in [5, 5.41) is 0. The molecule has 1 aliphatic heterocycles. The van der Waals surface area contributed by atoms with Gasteiger partial charge in [0.15, 0.2) is 6.10 Å². The van der Waals surface area contributed by atoms with E-state index in [0.29, 0.717) is 6.61 Å². The van der Waals surface area contributed by atoms with Gasteiger partial charge in [0, 0.05) is 5.57 Å². The Bertz CT molecular complexity index is 337. The summed E-state index contributed by atoms with van der Waals surface area (Å²) >= 11 is 0. The molecule has 0 N–H and O–H groups in total. The van der Waals surface area contributed by atoms with Crippen molar-refractivity contribution in [1.29, 1.82) is 0 Å². The first-order chi connectivity index (χ1) is 8.40. The lowest BCUT2D eigenvalue weighted by Gasteiger charge is -2.28. The topological polar surface area (TPSA) is 71.1 Å². The van der Waals surface area contributed by atoms with Gasteiger partial charge in [-0.1, -0.05) is 6.58 Å². The van der Waals surface area contributed by atoms with E-state index in [1.807, 2.05) is 6.92 Å². The number of esters is 2. The van der Waals surface area contributed by atoms with E-state index in [2.05, 4.69) is 6.58 Å². The van der Waals surface area contributed by atoms with Crippen molar-refractivity contribution in [3.63, 3.8) is 0 Å². The van der Waals surface area contributed by atoms with Crippen LogP contribution in [0.4, 0.5) is 0 Å². The lowest BCUT2D eigenvalue weighted by atomic mass is 10.3. The Labute approximate surface area is 106 Å². The molecule has 102 valence electrons. The van der Waals surface area contributed by atoms with E-state index < -0.39 is 24.3 Å². The number of hydrogen-bond acceptors (Lipinski definition) is 6. The van der Waals surface area contributed by atoms with E-state index in [-0.39, 0.29) is 18.3 Å². The molecular formula is C12H18O6. The third kappa shape index (κ3) is 4.46. The van der Waals surface area contributed by atoms with Crippen LogP contribution >= 0.6 is 0 Å². The third-order valence-electron chi connectivity index (χ3n) is 2.20. The molecule has 0 aromatic heterocycles. The number of hydrogen-bond donors (Lipinski definition) is 0. The van der Waals surface area contributed by atoms with Gasteiger partial charge >= 0.3 is 11.9 Å². The molecule has 3 unspecified atom stereocenters. The first kappa shape index (κ1) is 14.7. The van der Waals surface area contributed by atoms with Gasteiger partial charge in [-0.05, 0) is 20.8 Å². The molecule has 0 bridgehead atoms. The minimum atomic E-state index is -1.00. The van der Waals surface area contributed by atoms with Crippen molar-refractivity contribution >= 4 is 11.9 Å². The molecule has 1 rings (SSSR count). The summed E-state index contributed by atoms with van der Waals surface area (Å²) < 4.78 is 20.3. The molecule has 6 nitrogen and oxygen atoms in total. The Hall–Kier alpha value is -1.40. The average Bonchev–Trinajstić information content (AvgIpc) is 2.28. The summed E-state index contributed by atoms with van der Waals surface area (Å²) in [6, 6.07) is 0.